The van der Waals surface area contributed by atoms with Gasteiger partial charge in [0.2, 0.25) is 0 Å². The zero-order valence-corrected chi connectivity index (χ0v) is 13.8. The van der Waals surface area contributed by atoms with Crippen LogP contribution >= 0.6 is 0 Å². The SMILES string of the molecule is C[C@@H]1CN(C2CCN([C@@H]3C[C@@H]4CC[C@@H]3C4)CC2)C[C@H](C)O1. The van der Waals surface area contributed by atoms with Crippen LogP contribution < -0.4 is 0 Å². The van der Waals surface area contributed by atoms with E-state index in [4.69, 9.17) is 4.74 Å². The van der Waals surface area contributed by atoms with Crippen molar-refractivity contribution < 1.29 is 4.74 Å². The number of rotatable bonds is 2. The average Bonchev–Trinajstić information content (AvgIpc) is 3.09. The standard InChI is InChI=1S/C18H32N2O/c1-13-11-20(12-14(2)21-13)17-5-7-19(8-6-17)18-10-15-3-4-16(18)9-15/h13-18H,3-12H2,1-2H3/t13-,14+,15-,16-,18-/m1/s1. The molecule has 2 heterocycles. The van der Waals surface area contributed by atoms with E-state index < -0.39 is 0 Å². The predicted octanol–water partition coefficient (Wildman–Crippen LogP) is 2.75. The molecule has 4 rings (SSSR count). The van der Waals surface area contributed by atoms with Gasteiger partial charge in [-0.3, -0.25) is 9.80 Å². The first kappa shape index (κ1) is 14.5. The van der Waals surface area contributed by atoms with E-state index in [9.17, 15) is 0 Å². The van der Waals surface area contributed by atoms with Gasteiger partial charge in [0.05, 0.1) is 12.2 Å². The van der Waals surface area contributed by atoms with Crippen molar-refractivity contribution in [2.45, 2.75) is 76.7 Å². The Morgan fingerprint density at radius 3 is 2.10 bits per heavy atom. The summed E-state index contributed by atoms with van der Waals surface area (Å²) >= 11 is 0. The van der Waals surface area contributed by atoms with Crippen molar-refractivity contribution in [3.8, 4) is 0 Å². The van der Waals surface area contributed by atoms with Gasteiger partial charge in [0.25, 0.3) is 0 Å². The number of nitrogens with zero attached hydrogens (tertiary/aromatic N) is 2. The number of hydrogen-bond donors (Lipinski definition) is 0. The van der Waals surface area contributed by atoms with Crippen LogP contribution in [0.25, 0.3) is 0 Å². The van der Waals surface area contributed by atoms with Crippen molar-refractivity contribution in [2.24, 2.45) is 11.8 Å². The lowest BCUT2D eigenvalue weighted by Gasteiger charge is -2.45. The fraction of sp³-hybridized carbons (Fsp3) is 1.00. The first-order chi connectivity index (χ1) is 10.2. The summed E-state index contributed by atoms with van der Waals surface area (Å²) in [6, 6.07) is 1.76. The van der Waals surface area contributed by atoms with E-state index in [2.05, 4.69) is 23.6 Å². The predicted molar refractivity (Wildman–Crippen MR) is 85.4 cm³/mol. The molecule has 0 N–H and O–H groups in total. The third-order valence-corrected chi connectivity index (χ3v) is 6.63. The lowest BCUT2D eigenvalue weighted by Crippen LogP contribution is -2.54. The van der Waals surface area contributed by atoms with Crippen molar-refractivity contribution in [1.29, 1.82) is 0 Å². The molecule has 2 bridgehead atoms. The topological polar surface area (TPSA) is 15.7 Å². The first-order valence-electron chi connectivity index (χ1n) is 9.32. The second kappa shape index (κ2) is 5.82. The second-order valence-electron chi connectivity index (χ2n) is 8.22. The molecule has 21 heavy (non-hydrogen) atoms. The Hall–Kier alpha value is -0.120. The lowest BCUT2D eigenvalue weighted by atomic mass is 9.91. The van der Waals surface area contributed by atoms with Crippen LogP contribution in [0.1, 0.15) is 52.4 Å². The van der Waals surface area contributed by atoms with Crippen molar-refractivity contribution in [2.75, 3.05) is 26.2 Å². The molecule has 2 saturated heterocycles. The molecule has 2 aliphatic heterocycles. The van der Waals surface area contributed by atoms with Crippen molar-refractivity contribution in [3.63, 3.8) is 0 Å². The second-order valence-corrected chi connectivity index (χ2v) is 8.22. The van der Waals surface area contributed by atoms with E-state index in [0.29, 0.717) is 12.2 Å². The van der Waals surface area contributed by atoms with Crippen LogP contribution in [0.15, 0.2) is 0 Å². The van der Waals surface area contributed by atoms with Gasteiger partial charge in [-0.2, -0.15) is 0 Å². The van der Waals surface area contributed by atoms with Crippen LogP contribution in [-0.4, -0.2) is 60.3 Å². The van der Waals surface area contributed by atoms with Gasteiger partial charge < -0.3 is 4.74 Å². The van der Waals surface area contributed by atoms with E-state index in [0.717, 1.165) is 37.0 Å². The summed E-state index contributed by atoms with van der Waals surface area (Å²) in [6.45, 7) is 9.43. The van der Waals surface area contributed by atoms with Crippen molar-refractivity contribution in [1.82, 2.24) is 9.80 Å². The molecule has 3 heteroatoms. The number of likely N-dealkylation sites (tertiary alicyclic amines) is 1. The largest absolute Gasteiger partial charge is 0.373 e. The molecule has 0 amide bonds. The fourth-order valence-electron chi connectivity index (χ4n) is 5.76. The van der Waals surface area contributed by atoms with Gasteiger partial charge in [-0.05, 0) is 70.9 Å². The van der Waals surface area contributed by atoms with Crippen LogP contribution in [-0.2, 0) is 4.74 Å². The highest BCUT2D eigenvalue weighted by molar-refractivity contribution is 4.97. The van der Waals surface area contributed by atoms with Gasteiger partial charge in [-0.15, -0.1) is 0 Å². The Morgan fingerprint density at radius 1 is 0.810 bits per heavy atom. The molecule has 0 unspecified atom stereocenters. The molecule has 4 fully saturated rings. The van der Waals surface area contributed by atoms with Gasteiger partial charge in [0, 0.05) is 25.2 Å². The molecular weight excluding hydrogens is 260 g/mol. The van der Waals surface area contributed by atoms with E-state index in [-0.39, 0.29) is 0 Å². The number of piperidine rings is 1. The maximum absolute atomic E-state index is 5.89. The molecule has 0 aromatic heterocycles. The Labute approximate surface area is 130 Å². The van der Waals surface area contributed by atoms with Gasteiger partial charge in [0.15, 0.2) is 0 Å². The molecule has 0 radical (unpaired) electrons. The number of fused-ring (bicyclic) bond motifs is 2. The molecule has 5 atom stereocenters. The van der Waals surface area contributed by atoms with Crippen LogP contribution in [0, 0.1) is 11.8 Å². The van der Waals surface area contributed by atoms with Crippen LogP contribution in [0.3, 0.4) is 0 Å². The minimum absolute atomic E-state index is 0.414. The van der Waals surface area contributed by atoms with E-state index in [1.165, 1.54) is 45.2 Å². The highest BCUT2D eigenvalue weighted by Gasteiger charge is 2.43. The first-order valence-corrected chi connectivity index (χ1v) is 9.32. The number of hydrogen-bond acceptors (Lipinski definition) is 3. The van der Waals surface area contributed by atoms with Crippen molar-refractivity contribution >= 4 is 0 Å². The van der Waals surface area contributed by atoms with Crippen molar-refractivity contribution in [3.05, 3.63) is 0 Å². The van der Waals surface area contributed by atoms with Gasteiger partial charge in [-0.25, -0.2) is 0 Å². The summed E-state index contributed by atoms with van der Waals surface area (Å²) in [5.74, 6) is 2.13. The molecule has 2 aliphatic carbocycles. The summed E-state index contributed by atoms with van der Waals surface area (Å²) in [6.07, 6.45) is 9.70. The smallest absolute Gasteiger partial charge is 0.0678 e. The quantitative estimate of drug-likeness (QED) is 0.778. The normalized spacial score (nSPS) is 46.3. The third-order valence-electron chi connectivity index (χ3n) is 6.63. The Morgan fingerprint density at radius 2 is 1.52 bits per heavy atom. The maximum atomic E-state index is 5.89. The van der Waals surface area contributed by atoms with Crippen LogP contribution in [0.4, 0.5) is 0 Å². The highest BCUT2D eigenvalue weighted by Crippen LogP contribution is 2.47. The summed E-state index contributed by atoms with van der Waals surface area (Å²) in [4.78, 5) is 5.57. The maximum Gasteiger partial charge on any atom is 0.0678 e. The zero-order valence-electron chi connectivity index (χ0n) is 13.8. The molecule has 3 nitrogen and oxygen atoms in total. The lowest BCUT2D eigenvalue weighted by molar-refractivity contribution is -0.0879. The Kier molecular flexibility index (Phi) is 4.01. The summed E-state index contributed by atoms with van der Waals surface area (Å²) < 4.78 is 5.89. The highest BCUT2D eigenvalue weighted by atomic mass is 16.5. The molecular formula is C18H32N2O. The Bertz CT molecular complexity index is 356. The van der Waals surface area contributed by atoms with Crippen LogP contribution in [0.2, 0.25) is 0 Å². The van der Waals surface area contributed by atoms with E-state index in [1.54, 1.807) is 6.42 Å². The van der Waals surface area contributed by atoms with Crippen LogP contribution in [0.5, 0.6) is 0 Å². The third kappa shape index (κ3) is 2.89. The molecule has 4 aliphatic rings. The van der Waals surface area contributed by atoms with Gasteiger partial charge in [0.1, 0.15) is 0 Å². The summed E-state index contributed by atoms with van der Waals surface area (Å²) in [5.41, 5.74) is 0. The zero-order chi connectivity index (χ0) is 14.4. The molecule has 120 valence electrons. The van der Waals surface area contributed by atoms with E-state index >= 15 is 0 Å². The van der Waals surface area contributed by atoms with Gasteiger partial charge in [-0.1, -0.05) is 6.42 Å². The average molecular weight is 292 g/mol. The Balaban J connectivity index is 1.30. The van der Waals surface area contributed by atoms with E-state index in [1.807, 2.05) is 0 Å². The molecule has 0 aromatic rings. The monoisotopic (exact) mass is 292 g/mol. The number of morpholine rings is 1. The minimum atomic E-state index is 0.414. The summed E-state index contributed by atoms with van der Waals surface area (Å²) in [7, 11) is 0. The summed E-state index contributed by atoms with van der Waals surface area (Å²) in [5, 5.41) is 0. The van der Waals surface area contributed by atoms with Gasteiger partial charge >= 0.3 is 0 Å². The minimum Gasteiger partial charge on any atom is -0.373 e. The fourth-order valence-corrected chi connectivity index (χ4v) is 5.76. The number of ether oxygens (including phenoxy) is 1. The molecule has 2 saturated carbocycles. The molecule has 0 spiro atoms. The molecule has 0 aromatic carbocycles.